The number of ether oxygens (including phenoxy) is 1. The Kier molecular flexibility index (Phi) is 5.26. The maximum atomic E-state index is 12.4. The molecule has 1 rings (SSSR count). The Labute approximate surface area is 125 Å². The molecule has 1 aromatic rings. The van der Waals surface area contributed by atoms with Crippen LogP contribution in [-0.2, 0) is 4.79 Å². The van der Waals surface area contributed by atoms with Gasteiger partial charge in [0.1, 0.15) is 5.75 Å². The molecule has 0 bridgehead atoms. The third kappa shape index (κ3) is 4.42. The Morgan fingerprint density at radius 3 is 2.43 bits per heavy atom. The zero-order chi connectivity index (χ0) is 16.2. The van der Waals surface area contributed by atoms with Gasteiger partial charge in [-0.15, -0.1) is 0 Å². The number of Topliss-reactive ketones (excluding diaryl/α,β-unsaturated/α-hetero) is 2. The summed E-state index contributed by atoms with van der Waals surface area (Å²) in [5.74, 6) is -1.49. The van der Waals surface area contributed by atoms with Gasteiger partial charge in [0.05, 0.1) is 13.2 Å². The molecule has 0 radical (unpaired) electrons. The van der Waals surface area contributed by atoms with Gasteiger partial charge in [0.2, 0.25) is 0 Å². The van der Waals surface area contributed by atoms with Crippen LogP contribution >= 0.6 is 0 Å². The van der Waals surface area contributed by atoms with Crippen LogP contribution in [0.2, 0.25) is 0 Å². The fraction of sp³-hybridized carbons (Fsp3) is 0.471. The minimum atomic E-state index is -1.25. The monoisotopic (exact) mass is 287 g/mol. The van der Waals surface area contributed by atoms with Crippen molar-refractivity contribution in [3.63, 3.8) is 0 Å². The number of rotatable bonds is 5. The van der Waals surface area contributed by atoms with Crippen LogP contribution in [0.25, 0.3) is 0 Å². The van der Waals surface area contributed by atoms with E-state index >= 15 is 0 Å². The second-order valence-electron chi connectivity index (χ2n) is 6.31. The lowest BCUT2D eigenvalue weighted by atomic mass is 9.83. The summed E-state index contributed by atoms with van der Waals surface area (Å²) in [5, 5.41) is 9.18. The number of methoxy groups -OCH3 is 1. The van der Waals surface area contributed by atoms with Gasteiger partial charge in [-0.25, -0.2) is 0 Å². The average molecular weight is 287 g/mol. The first-order valence-electron chi connectivity index (χ1n) is 6.81. The van der Waals surface area contributed by atoms with Gasteiger partial charge in [-0.2, -0.15) is 5.26 Å². The summed E-state index contributed by atoms with van der Waals surface area (Å²) < 4.78 is 5.17. The van der Waals surface area contributed by atoms with Crippen LogP contribution in [0.4, 0.5) is 0 Å². The number of carbonyl (C=O) groups is 2. The summed E-state index contributed by atoms with van der Waals surface area (Å²) in [6.45, 7) is 7.57. The molecule has 0 saturated heterocycles. The maximum Gasteiger partial charge on any atom is 0.187 e. The third-order valence-corrected chi connectivity index (χ3v) is 3.11. The zero-order valence-electron chi connectivity index (χ0n) is 13.2. The second kappa shape index (κ2) is 6.53. The van der Waals surface area contributed by atoms with E-state index in [-0.39, 0.29) is 17.6 Å². The van der Waals surface area contributed by atoms with Crippen LogP contribution in [0, 0.1) is 29.6 Å². The van der Waals surface area contributed by atoms with Crippen LogP contribution < -0.4 is 4.74 Å². The molecule has 0 amide bonds. The van der Waals surface area contributed by atoms with Gasteiger partial charge in [0.25, 0.3) is 0 Å². The van der Waals surface area contributed by atoms with Crippen molar-refractivity contribution < 1.29 is 14.3 Å². The predicted octanol–water partition coefficient (Wildman–Crippen LogP) is 3.33. The third-order valence-electron chi connectivity index (χ3n) is 3.11. The minimum Gasteiger partial charge on any atom is -0.496 e. The van der Waals surface area contributed by atoms with E-state index in [0.29, 0.717) is 11.3 Å². The van der Waals surface area contributed by atoms with Crippen LogP contribution in [0.5, 0.6) is 5.75 Å². The summed E-state index contributed by atoms with van der Waals surface area (Å²) in [6.07, 6.45) is 0.194. The van der Waals surface area contributed by atoms with E-state index in [1.807, 2.05) is 33.8 Å². The quantitative estimate of drug-likeness (QED) is 0.615. The van der Waals surface area contributed by atoms with Crippen molar-refractivity contribution in [2.75, 3.05) is 7.11 Å². The Morgan fingerprint density at radius 1 is 1.33 bits per heavy atom. The van der Waals surface area contributed by atoms with E-state index < -0.39 is 11.7 Å². The molecule has 1 atom stereocenters. The lowest BCUT2D eigenvalue weighted by Crippen LogP contribution is -2.26. The summed E-state index contributed by atoms with van der Waals surface area (Å²) in [6, 6.07) is 6.78. The molecule has 0 saturated carbocycles. The lowest BCUT2D eigenvalue weighted by molar-refractivity contribution is -0.121. The summed E-state index contributed by atoms with van der Waals surface area (Å²) >= 11 is 0. The fourth-order valence-corrected chi connectivity index (χ4v) is 2.04. The molecule has 0 aliphatic heterocycles. The van der Waals surface area contributed by atoms with Crippen molar-refractivity contribution in [2.24, 2.45) is 11.3 Å². The van der Waals surface area contributed by atoms with Gasteiger partial charge in [-0.05, 0) is 24.0 Å². The first kappa shape index (κ1) is 16.9. The number of benzene rings is 1. The molecule has 4 heteroatoms. The molecule has 0 aliphatic carbocycles. The van der Waals surface area contributed by atoms with Crippen LogP contribution in [-0.4, -0.2) is 18.7 Å². The molecule has 0 heterocycles. The Bertz CT molecular complexity index is 591. The highest BCUT2D eigenvalue weighted by Crippen LogP contribution is 2.25. The summed E-state index contributed by atoms with van der Waals surface area (Å²) in [4.78, 5) is 24.5. The van der Waals surface area contributed by atoms with E-state index in [1.54, 1.807) is 18.2 Å². The van der Waals surface area contributed by atoms with Crippen LogP contribution in [0.1, 0.15) is 43.1 Å². The molecule has 0 unspecified atom stereocenters. The number of ketones is 2. The van der Waals surface area contributed by atoms with E-state index in [4.69, 9.17) is 4.74 Å². The molecule has 0 aromatic heterocycles. The highest BCUT2D eigenvalue weighted by Gasteiger charge is 2.30. The van der Waals surface area contributed by atoms with Gasteiger partial charge >= 0.3 is 0 Å². The highest BCUT2D eigenvalue weighted by molar-refractivity contribution is 6.13. The predicted molar refractivity (Wildman–Crippen MR) is 80.2 cm³/mol. The molecule has 4 nitrogen and oxygen atoms in total. The van der Waals surface area contributed by atoms with E-state index in [0.717, 1.165) is 5.56 Å². The number of aryl methyl sites for hydroxylation is 1. The normalized spacial score (nSPS) is 12.4. The topological polar surface area (TPSA) is 67.2 Å². The number of nitrogens with zero attached hydrogens (tertiary/aromatic N) is 1. The van der Waals surface area contributed by atoms with E-state index in [2.05, 4.69) is 0 Å². The van der Waals surface area contributed by atoms with Crippen molar-refractivity contribution in [1.82, 2.24) is 0 Å². The molecule has 0 spiro atoms. The Balaban J connectivity index is 3.05. The van der Waals surface area contributed by atoms with Crippen molar-refractivity contribution >= 4 is 11.6 Å². The van der Waals surface area contributed by atoms with Crippen molar-refractivity contribution in [3.05, 3.63) is 29.3 Å². The largest absolute Gasteiger partial charge is 0.496 e. The molecule has 0 N–H and O–H groups in total. The summed E-state index contributed by atoms with van der Waals surface area (Å²) in [5.41, 5.74) is 0.965. The smallest absolute Gasteiger partial charge is 0.187 e. The lowest BCUT2D eigenvalue weighted by Gasteiger charge is -2.18. The average Bonchev–Trinajstić information content (AvgIpc) is 2.37. The van der Waals surface area contributed by atoms with Gasteiger partial charge in [-0.3, -0.25) is 9.59 Å². The molecule has 21 heavy (non-hydrogen) atoms. The minimum absolute atomic E-state index is 0.194. The maximum absolute atomic E-state index is 12.4. The molecular weight excluding hydrogens is 266 g/mol. The zero-order valence-corrected chi connectivity index (χ0v) is 13.2. The fourth-order valence-electron chi connectivity index (χ4n) is 2.04. The number of hydrogen-bond donors (Lipinski definition) is 0. The van der Waals surface area contributed by atoms with Crippen molar-refractivity contribution in [2.45, 2.75) is 34.1 Å². The molecule has 0 fully saturated rings. The first-order valence-corrected chi connectivity index (χ1v) is 6.81. The van der Waals surface area contributed by atoms with Crippen molar-refractivity contribution in [1.29, 1.82) is 5.26 Å². The van der Waals surface area contributed by atoms with E-state index in [9.17, 15) is 14.9 Å². The standard InChI is InChI=1S/C17H21NO3/c1-11-6-7-12(8-15(11)21-5)16(20)13(10-18)14(19)9-17(2,3)4/h6-8,13H,9H2,1-5H3/t13-/m0/s1. The van der Waals surface area contributed by atoms with E-state index in [1.165, 1.54) is 7.11 Å². The Morgan fingerprint density at radius 2 is 1.95 bits per heavy atom. The first-order chi connectivity index (χ1) is 9.69. The second-order valence-corrected chi connectivity index (χ2v) is 6.31. The Hall–Kier alpha value is -2.15. The van der Waals surface area contributed by atoms with Gasteiger partial charge in [-0.1, -0.05) is 32.9 Å². The van der Waals surface area contributed by atoms with Gasteiger partial charge in [0.15, 0.2) is 17.5 Å². The van der Waals surface area contributed by atoms with Gasteiger partial charge < -0.3 is 4.74 Å². The molecular formula is C17H21NO3. The number of hydrogen-bond acceptors (Lipinski definition) is 4. The molecule has 112 valence electrons. The van der Waals surface area contributed by atoms with Gasteiger partial charge in [0, 0.05) is 12.0 Å². The SMILES string of the molecule is COc1cc(C(=O)[C@@H](C#N)C(=O)CC(C)(C)C)ccc1C. The molecule has 1 aromatic carbocycles. The summed E-state index contributed by atoms with van der Waals surface area (Å²) in [7, 11) is 1.52. The van der Waals surface area contributed by atoms with Crippen LogP contribution in [0.15, 0.2) is 18.2 Å². The number of carbonyl (C=O) groups excluding carboxylic acids is 2. The van der Waals surface area contributed by atoms with Crippen LogP contribution in [0.3, 0.4) is 0 Å². The number of nitriles is 1. The highest BCUT2D eigenvalue weighted by atomic mass is 16.5. The van der Waals surface area contributed by atoms with Crippen molar-refractivity contribution in [3.8, 4) is 11.8 Å². The molecule has 0 aliphatic rings.